The number of para-hydroxylation sites is 1. The third-order valence-corrected chi connectivity index (χ3v) is 7.67. The maximum Gasteiger partial charge on any atom is 0.226 e. The highest BCUT2D eigenvalue weighted by molar-refractivity contribution is 7.80. The van der Waals surface area contributed by atoms with Gasteiger partial charge in [-0.25, -0.2) is 0 Å². The van der Waals surface area contributed by atoms with Crippen LogP contribution in [-0.2, 0) is 4.79 Å². The number of nitrogens with one attached hydrogen (secondary N) is 2. The van der Waals surface area contributed by atoms with Gasteiger partial charge in [-0.2, -0.15) is 0 Å². The van der Waals surface area contributed by atoms with Gasteiger partial charge in [0.25, 0.3) is 0 Å². The monoisotopic (exact) mass is 543 g/mol. The number of nitrogens with zero attached hydrogens (tertiary/aromatic N) is 3. The molecule has 194 valence electrons. The molecular weight excluding hydrogens is 514 g/mol. The summed E-state index contributed by atoms with van der Waals surface area (Å²) in [6.07, 6.45) is 2.10. The van der Waals surface area contributed by atoms with Gasteiger partial charge in [0.15, 0.2) is 5.11 Å². The second kappa shape index (κ2) is 11.0. The third kappa shape index (κ3) is 5.17. The summed E-state index contributed by atoms with van der Waals surface area (Å²) < 4.78 is 2.23. The number of hydrogen-bond acceptors (Lipinski definition) is 3. The predicted octanol–water partition coefficient (Wildman–Crippen LogP) is 6.45. The fraction of sp³-hybridized carbons (Fsp3) is 0.233. The Bertz CT molecular complexity index is 1470. The standard InChI is InChI=1S/C30H30ClN5OS/c1-19-8-4-5-9-25(19)33-27(37)15-17-35-29(28(34-30(35)38)26-10-6-7-16-32-26)24-18-20(2)36(21(24)3)23-13-11-22(31)12-14-23/h4-14,16,18,28-29H,15,17H2,1-3H3,(H,33,37)(H,34,38)/t28-,29+/m0/s1. The van der Waals surface area contributed by atoms with Crippen molar-refractivity contribution in [3.8, 4) is 5.69 Å². The number of thiocarbonyl (C=S) groups is 1. The summed E-state index contributed by atoms with van der Waals surface area (Å²) in [6.45, 7) is 6.68. The fourth-order valence-electron chi connectivity index (χ4n) is 5.21. The minimum Gasteiger partial charge on any atom is -0.352 e. The van der Waals surface area contributed by atoms with E-state index in [1.54, 1.807) is 6.20 Å². The molecule has 1 aliphatic rings. The van der Waals surface area contributed by atoms with Crippen molar-refractivity contribution in [3.05, 3.63) is 112 Å². The topological polar surface area (TPSA) is 62.2 Å². The van der Waals surface area contributed by atoms with Crippen LogP contribution in [-0.4, -0.2) is 32.0 Å². The van der Waals surface area contributed by atoms with Crippen LogP contribution in [0.2, 0.25) is 5.02 Å². The second-order valence-corrected chi connectivity index (χ2v) is 10.4. The average molecular weight is 544 g/mol. The first-order valence-corrected chi connectivity index (χ1v) is 13.4. The lowest BCUT2D eigenvalue weighted by molar-refractivity contribution is -0.116. The number of aromatic nitrogens is 2. The summed E-state index contributed by atoms with van der Waals surface area (Å²) in [4.78, 5) is 19.7. The van der Waals surface area contributed by atoms with Gasteiger partial charge in [-0.05, 0) is 92.6 Å². The lowest BCUT2D eigenvalue weighted by atomic mass is 9.96. The highest BCUT2D eigenvalue weighted by Gasteiger charge is 2.41. The number of carbonyl (C=O) groups excluding carboxylic acids is 1. The van der Waals surface area contributed by atoms with Crippen LogP contribution in [0, 0.1) is 20.8 Å². The van der Waals surface area contributed by atoms with E-state index >= 15 is 0 Å². The van der Waals surface area contributed by atoms with E-state index in [0.29, 0.717) is 23.1 Å². The number of carbonyl (C=O) groups is 1. The molecule has 2 aromatic carbocycles. The van der Waals surface area contributed by atoms with Crippen molar-refractivity contribution in [3.63, 3.8) is 0 Å². The molecular formula is C30H30ClN5OS. The SMILES string of the molecule is Cc1ccccc1NC(=O)CCN1C(=S)N[C@@H](c2ccccn2)[C@H]1c1cc(C)n(-c2ccc(Cl)cc2)c1C. The van der Waals surface area contributed by atoms with Crippen LogP contribution in [0.15, 0.2) is 79.0 Å². The van der Waals surface area contributed by atoms with E-state index in [1.165, 1.54) is 0 Å². The Morgan fingerprint density at radius 2 is 1.79 bits per heavy atom. The molecule has 1 aliphatic heterocycles. The van der Waals surface area contributed by atoms with Gasteiger partial charge >= 0.3 is 0 Å². The largest absolute Gasteiger partial charge is 0.352 e. The number of anilines is 1. The van der Waals surface area contributed by atoms with E-state index in [0.717, 1.165) is 39.6 Å². The average Bonchev–Trinajstić information content (AvgIpc) is 3.39. The van der Waals surface area contributed by atoms with Gasteiger partial charge in [-0.3, -0.25) is 9.78 Å². The summed E-state index contributed by atoms with van der Waals surface area (Å²) in [5.41, 5.74) is 7.16. The van der Waals surface area contributed by atoms with Gasteiger partial charge in [-0.15, -0.1) is 0 Å². The zero-order chi connectivity index (χ0) is 26.8. The third-order valence-electron chi connectivity index (χ3n) is 7.07. The van der Waals surface area contributed by atoms with Crippen molar-refractivity contribution >= 4 is 40.5 Å². The number of aryl methyl sites for hydroxylation is 2. The van der Waals surface area contributed by atoms with Crippen molar-refractivity contribution in [2.45, 2.75) is 39.3 Å². The Hall–Kier alpha value is -3.68. The number of hydrogen-bond donors (Lipinski definition) is 2. The molecule has 0 spiro atoms. The molecule has 0 bridgehead atoms. The Morgan fingerprint density at radius 1 is 1.05 bits per heavy atom. The molecule has 3 heterocycles. The highest BCUT2D eigenvalue weighted by Crippen LogP contribution is 2.41. The summed E-state index contributed by atoms with van der Waals surface area (Å²) in [5.74, 6) is -0.0474. The van der Waals surface area contributed by atoms with Gasteiger partial charge in [0.2, 0.25) is 5.91 Å². The van der Waals surface area contributed by atoms with Crippen LogP contribution in [0.4, 0.5) is 5.69 Å². The molecule has 2 atom stereocenters. The summed E-state index contributed by atoms with van der Waals surface area (Å²) >= 11 is 12.0. The molecule has 2 N–H and O–H groups in total. The molecule has 1 fully saturated rings. The van der Waals surface area contributed by atoms with Crippen LogP contribution in [0.1, 0.15) is 46.7 Å². The number of pyridine rings is 1. The van der Waals surface area contributed by atoms with Gasteiger partial charge in [0, 0.05) is 46.9 Å². The zero-order valence-corrected chi connectivity index (χ0v) is 23.2. The van der Waals surface area contributed by atoms with E-state index < -0.39 is 0 Å². The summed E-state index contributed by atoms with van der Waals surface area (Å²) in [5, 5.41) is 7.85. The summed E-state index contributed by atoms with van der Waals surface area (Å²) in [6, 6.07) is 23.5. The maximum atomic E-state index is 12.9. The van der Waals surface area contributed by atoms with Gasteiger partial charge in [0.05, 0.1) is 17.8 Å². The van der Waals surface area contributed by atoms with Crippen molar-refractivity contribution in [1.29, 1.82) is 0 Å². The van der Waals surface area contributed by atoms with Crippen molar-refractivity contribution in [2.75, 3.05) is 11.9 Å². The molecule has 6 nitrogen and oxygen atoms in total. The second-order valence-electron chi connectivity index (χ2n) is 9.57. The van der Waals surface area contributed by atoms with Gasteiger partial charge < -0.3 is 20.1 Å². The molecule has 5 rings (SSSR count). The lowest BCUT2D eigenvalue weighted by Gasteiger charge is -2.28. The van der Waals surface area contributed by atoms with Crippen LogP contribution in [0.5, 0.6) is 0 Å². The fourth-order valence-corrected chi connectivity index (χ4v) is 5.67. The maximum absolute atomic E-state index is 12.9. The molecule has 0 radical (unpaired) electrons. The highest BCUT2D eigenvalue weighted by atomic mass is 35.5. The van der Waals surface area contributed by atoms with E-state index in [9.17, 15) is 4.79 Å². The predicted molar refractivity (Wildman–Crippen MR) is 157 cm³/mol. The first-order chi connectivity index (χ1) is 18.3. The molecule has 0 saturated carbocycles. The van der Waals surface area contributed by atoms with E-state index in [2.05, 4.69) is 45.0 Å². The molecule has 0 aliphatic carbocycles. The number of halogens is 1. The van der Waals surface area contributed by atoms with Crippen molar-refractivity contribution in [1.82, 2.24) is 19.8 Å². The van der Waals surface area contributed by atoms with E-state index in [1.807, 2.05) is 73.7 Å². The molecule has 0 unspecified atom stereocenters. The molecule has 1 saturated heterocycles. The molecule has 38 heavy (non-hydrogen) atoms. The van der Waals surface area contributed by atoms with E-state index in [4.69, 9.17) is 23.8 Å². The minimum atomic E-state index is -0.151. The Kier molecular flexibility index (Phi) is 7.49. The number of benzene rings is 2. The smallest absolute Gasteiger partial charge is 0.226 e. The lowest BCUT2D eigenvalue weighted by Crippen LogP contribution is -2.33. The Balaban J connectivity index is 1.47. The normalized spacial score (nSPS) is 16.9. The zero-order valence-electron chi connectivity index (χ0n) is 21.6. The van der Waals surface area contributed by atoms with Crippen molar-refractivity contribution < 1.29 is 4.79 Å². The molecule has 2 aromatic heterocycles. The number of amides is 1. The van der Waals surface area contributed by atoms with Crippen LogP contribution in [0.3, 0.4) is 0 Å². The summed E-state index contributed by atoms with van der Waals surface area (Å²) in [7, 11) is 0. The van der Waals surface area contributed by atoms with E-state index in [-0.39, 0.29) is 18.0 Å². The van der Waals surface area contributed by atoms with Gasteiger partial charge in [0.1, 0.15) is 0 Å². The van der Waals surface area contributed by atoms with Crippen LogP contribution < -0.4 is 10.6 Å². The van der Waals surface area contributed by atoms with Crippen LogP contribution >= 0.6 is 23.8 Å². The van der Waals surface area contributed by atoms with Crippen LogP contribution in [0.25, 0.3) is 5.69 Å². The Morgan fingerprint density at radius 3 is 2.50 bits per heavy atom. The van der Waals surface area contributed by atoms with Crippen molar-refractivity contribution in [2.24, 2.45) is 0 Å². The molecule has 4 aromatic rings. The number of rotatable bonds is 7. The minimum absolute atomic E-state index is 0.0474. The quantitative estimate of drug-likeness (QED) is 0.262. The molecule has 8 heteroatoms. The first kappa shape index (κ1) is 25.9. The molecule has 1 amide bonds. The van der Waals surface area contributed by atoms with Gasteiger partial charge in [-0.1, -0.05) is 35.9 Å². The Labute approximate surface area is 233 Å². The first-order valence-electron chi connectivity index (χ1n) is 12.6.